The van der Waals surface area contributed by atoms with Gasteiger partial charge in [-0.05, 0) is 12.8 Å². The molecule has 0 aromatic rings. The van der Waals surface area contributed by atoms with Gasteiger partial charge >= 0.3 is 6.03 Å². The van der Waals surface area contributed by atoms with Crippen molar-refractivity contribution in [3.63, 3.8) is 0 Å². The second-order valence-corrected chi connectivity index (χ2v) is 5.84. The predicted octanol–water partition coefficient (Wildman–Crippen LogP) is -0.635. The summed E-state index contributed by atoms with van der Waals surface area (Å²) in [6.45, 7) is 4.39. The number of hydrogen-bond acceptors (Lipinski definition) is 5. The van der Waals surface area contributed by atoms with E-state index in [0.717, 1.165) is 51.9 Å². The van der Waals surface area contributed by atoms with Crippen molar-refractivity contribution in [3.05, 3.63) is 0 Å². The summed E-state index contributed by atoms with van der Waals surface area (Å²) in [4.78, 5) is 27.7. The molecule has 7 heteroatoms. The first-order chi connectivity index (χ1) is 10.2. The Balaban J connectivity index is 1.62. The van der Waals surface area contributed by atoms with E-state index in [-0.39, 0.29) is 31.1 Å². The number of carbonyl (C=O) groups excluding carboxylic acids is 2. The van der Waals surface area contributed by atoms with Crippen molar-refractivity contribution in [1.29, 1.82) is 0 Å². The molecule has 0 spiro atoms. The Morgan fingerprint density at radius 3 is 2.29 bits per heavy atom. The van der Waals surface area contributed by atoms with Crippen molar-refractivity contribution in [2.45, 2.75) is 31.7 Å². The molecule has 0 bridgehead atoms. The van der Waals surface area contributed by atoms with Crippen molar-refractivity contribution in [2.24, 2.45) is 0 Å². The third-order valence-electron chi connectivity index (χ3n) is 4.19. The Kier molecular flexibility index (Phi) is 6.41. The molecule has 1 heterocycles. The highest BCUT2D eigenvalue weighted by Gasteiger charge is 2.21. The fraction of sp³-hybridized carbons (Fsp3) is 0.857. The number of nitrogens with one attached hydrogen (secondary N) is 2. The van der Waals surface area contributed by atoms with Crippen LogP contribution in [0.3, 0.4) is 0 Å². The van der Waals surface area contributed by atoms with Crippen LogP contribution in [-0.4, -0.2) is 78.8 Å². The van der Waals surface area contributed by atoms with E-state index >= 15 is 0 Å². The van der Waals surface area contributed by atoms with Gasteiger partial charge in [0.2, 0.25) is 5.91 Å². The van der Waals surface area contributed by atoms with Gasteiger partial charge in [0.1, 0.15) is 0 Å². The maximum atomic E-state index is 11.8. The van der Waals surface area contributed by atoms with Crippen molar-refractivity contribution in [2.75, 3.05) is 45.9 Å². The molecule has 1 saturated carbocycles. The van der Waals surface area contributed by atoms with Crippen LogP contribution in [0.4, 0.5) is 4.79 Å². The lowest BCUT2D eigenvalue weighted by Crippen LogP contribution is -2.52. The summed E-state index contributed by atoms with van der Waals surface area (Å²) in [6, 6.07) is -0.148. The Labute approximate surface area is 125 Å². The zero-order chi connectivity index (χ0) is 15.1. The van der Waals surface area contributed by atoms with Gasteiger partial charge in [0, 0.05) is 38.8 Å². The smallest absolute Gasteiger partial charge is 0.321 e. The molecule has 1 aliphatic carbocycles. The fourth-order valence-electron chi connectivity index (χ4n) is 2.97. The number of imide groups is 1. The Morgan fingerprint density at radius 1 is 1.05 bits per heavy atom. The summed E-state index contributed by atoms with van der Waals surface area (Å²) in [6.07, 6.45) is 4.32. The van der Waals surface area contributed by atoms with Crippen LogP contribution < -0.4 is 10.6 Å². The van der Waals surface area contributed by atoms with E-state index in [4.69, 9.17) is 5.11 Å². The van der Waals surface area contributed by atoms with Crippen molar-refractivity contribution in [1.82, 2.24) is 20.4 Å². The number of piperazine rings is 1. The van der Waals surface area contributed by atoms with E-state index in [2.05, 4.69) is 15.5 Å². The van der Waals surface area contributed by atoms with Gasteiger partial charge in [-0.3, -0.25) is 19.9 Å². The van der Waals surface area contributed by atoms with Gasteiger partial charge < -0.3 is 10.4 Å². The van der Waals surface area contributed by atoms with Crippen molar-refractivity contribution >= 4 is 11.9 Å². The summed E-state index contributed by atoms with van der Waals surface area (Å²) in [5.41, 5.74) is 0. The highest BCUT2D eigenvalue weighted by Crippen LogP contribution is 2.17. The number of aliphatic hydroxyl groups is 1. The molecule has 2 fully saturated rings. The number of aliphatic hydroxyl groups excluding tert-OH is 1. The van der Waals surface area contributed by atoms with Crippen LogP contribution in [0.25, 0.3) is 0 Å². The van der Waals surface area contributed by atoms with Crippen LogP contribution in [0.1, 0.15) is 25.7 Å². The van der Waals surface area contributed by atoms with Crippen LogP contribution in [0.15, 0.2) is 0 Å². The molecule has 2 aliphatic rings. The Morgan fingerprint density at radius 2 is 1.67 bits per heavy atom. The summed E-state index contributed by atoms with van der Waals surface area (Å²) in [5, 5.41) is 14.1. The van der Waals surface area contributed by atoms with Crippen LogP contribution in [-0.2, 0) is 4.79 Å². The van der Waals surface area contributed by atoms with Crippen LogP contribution in [0.5, 0.6) is 0 Å². The molecule has 3 amide bonds. The SMILES string of the molecule is O=C(CN1CCN(CCO)CC1)NC(=O)NC1CCCC1. The number of β-amino-alcohol motifs (C(OH)–C–C–N with tert-alkyl or cyclic N) is 1. The first-order valence-electron chi connectivity index (χ1n) is 7.83. The predicted molar refractivity (Wildman–Crippen MR) is 78.9 cm³/mol. The van der Waals surface area contributed by atoms with E-state index in [0.29, 0.717) is 6.54 Å². The number of nitrogens with zero attached hydrogens (tertiary/aromatic N) is 2. The maximum absolute atomic E-state index is 11.8. The monoisotopic (exact) mass is 298 g/mol. The second kappa shape index (κ2) is 8.31. The minimum atomic E-state index is -0.370. The first-order valence-corrected chi connectivity index (χ1v) is 7.83. The maximum Gasteiger partial charge on any atom is 0.321 e. The average molecular weight is 298 g/mol. The molecule has 7 nitrogen and oxygen atoms in total. The van der Waals surface area contributed by atoms with Crippen LogP contribution in [0, 0.1) is 0 Å². The fourth-order valence-corrected chi connectivity index (χ4v) is 2.97. The van der Waals surface area contributed by atoms with E-state index in [1.807, 2.05) is 4.90 Å². The molecule has 1 saturated heterocycles. The Bertz CT molecular complexity index is 350. The molecular formula is C14H26N4O3. The zero-order valence-corrected chi connectivity index (χ0v) is 12.5. The number of amides is 3. The first kappa shape index (κ1) is 16.2. The summed E-state index contributed by atoms with van der Waals surface area (Å²) >= 11 is 0. The summed E-state index contributed by atoms with van der Waals surface area (Å²) < 4.78 is 0. The average Bonchev–Trinajstić information content (AvgIpc) is 2.93. The molecule has 0 aromatic carbocycles. The molecule has 0 radical (unpaired) electrons. The second-order valence-electron chi connectivity index (χ2n) is 5.84. The van der Waals surface area contributed by atoms with Gasteiger partial charge in [-0.25, -0.2) is 4.79 Å². The van der Waals surface area contributed by atoms with E-state index < -0.39 is 0 Å². The van der Waals surface area contributed by atoms with Crippen molar-refractivity contribution < 1.29 is 14.7 Å². The quantitative estimate of drug-likeness (QED) is 0.629. The Hall–Kier alpha value is -1.18. The molecule has 0 aromatic heterocycles. The summed E-state index contributed by atoms with van der Waals surface area (Å²) in [7, 11) is 0. The van der Waals surface area contributed by atoms with Crippen molar-refractivity contribution in [3.8, 4) is 0 Å². The lowest BCUT2D eigenvalue weighted by atomic mass is 10.2. The van der Waals surface area contributed by atoms with E-state index in [1.54, 1.807) is 0 Å². The van der Waals surface area contributed by atoms with Gasteiger partial charge in [0.05, 0.1) is 13.2 Å². The lowest BCUT2D eigenvalue weighted by molar-refractivity contribution is -0.121. The molecule has 120 valence electrons. The molecule has 0 unspecified atom stereocenters. The molecule has 3 N–H and O–H groups in total. The van der Waals surface area contributed by atoms with Gasteiger partial charge in [0.25, 0.3) is 0 Å². The number of carbonyl (C=O) groups is 2. The van der Waals surface area contributed by atoms with Crippen LogP contribution in [0.2, 0.25) is 0 Å². The largest absolute Gasteiger partial charge is 0.395 e. The normalized spacial score (nSPS) is 21.4. The highest BCUT2D eigenvalue weighted by molar-refractivity contribution is 5.95. The minimum absolute atomic E-state index is 0.168. The summed E-state index contributed by atoms with van der Waals surface area (Å²) in [5.74, 6) is -0.249. The topological polar surface area (TPSA) is 84.9 Å². The number of urea groups is 1. The highest BCUT2D eigenvalue weighted by atomic mass is 16.3. The number of hydrogen-bond donors (Lipinski definition) is 3. The van der Waals surface area contributed by atoms with E-state index in [9.17, 15) is 9.59 Å². The van der Waals surface area contributed by atoms with Gasteiger partial charge in [0.15, 0.2) is 0 Å². The molecule has 2 rings (SSSR count). The molecule has 21 heavy (non-hydrogen) atoms. The molecular weight excluding hydrogens is 272 g/mol. The van der Waals surface area contributed by atoms with Gasteiger partial charge in [-0.1, -0.05) is 12.8 Å². The minimum Gasteiger partial charge on any atom is -0.395 e. The molecule has 1 aliphatic heterocycles. The zero-order valence-electron chi connectivity index (χ0n) is 12.5. The van der Waals surface area contributed by atoms with Gasteiger partial charge in [-0.2, -0.15) is 0 Å². The van der Waals surface area contributed by atoms with Crippen LogP contribution >= 0.6 is 0 Å². The lowest BCUT2D eigenvalue weighted by Gasteiger charge is -2.33. The third kappa shape index (κ3) is 5.61. The van der Waals surface area contributed by atoms with E-state index in [1.165, 1.54) is 0 Å². The number of rotatable bonds is 5. The molecule has 0 atom stereocenters. The standard InChI is InChI=1S/C14H26N4O3/c19-10-9-17-5-7-18(8-6-17)11-13(20)16-14(21)15-12-3-1-2-4-12/h12,19H,1-11H2,(H2,15,16,20,21). The van der Waals surface area contributed by atoms with Gasteiger partial charge in [-0.15, -0.1) is 0 Å². The third-order valence-corrected chi connectivity index (χ3v) is 4.19.